The van der Waals surface area contributed by atoms with Crippen LogP contribution in [0.2, 0.25) is 5.02 Å². The Hall–Kier alpha value is -1.95. The van der Waals surface area contributed by atoms with Crippen molar-refractivity contribution in [3.05, 3.63) is 46.9 Å². The van der Waals surface area contributed by atoms with Crippen molar-refractivity contribution in [3.8, 4) is 5.75 Å². The number of benzene rings is 1. The van der Waals surface area contributed by atoms with Crippen molar-refractivity contribution in [1.29, 1.82) is 0 Å². The van der Waals surface area contributed by atoms with Gasteiger partial charge in [0, 0.05) is 17.8 Å². The molecular formula is C12H8ClF3N2O. The lowest BCUT2D eigenvalue weighted by Crippen LogP contribution is -2.01. The molecule has 1 N–H and O–H groups in total. The van der Waals surface area contributed by atoms with Crippen LogP contribution in [0.5, 0.6) is 5.75 Å². The number of nitrogens with zero attached hydrogens (tertiary/aromatic N) is 1. The van der Waals surface area contributed by atoms with Crippen LogP contribution in [0, 0.1) is 17.6 Å². The van der Waals surface area contributed by atoms with Gasteiger partial charge in [0.1, 0.15) is 5.75 Å². The predicted molar refractivity (Wildman–Crippen MR) is 65.4 cm³/mol. The monoisotopic (exact) mass is 288 g/mol. The topological polar surface area (TPSA) is 34.1 Å². The van der Waals surface area contributed by atoms with E-state index in [0.717, 1.165) is 0 Å². The van der Waals surface area contributed by atoms with Gasteiger partial charge in [-0.3, -0.25) is 0 Å². The van der Waals surface area contributed by atoms with E-state index in [-0.39, 0.29) is 0 Å². The van der Waals surface area contributed by atoms with Crippen LogP contribution in [0.25, 0.3) is 0 Å². The van der Waals surface area contributed by atoms with E-state index in [9.17, 15) is 13.2 Å². The highest BCUT2D eigenvalue weighted by Crippen LogP contribution is 2.29. The average molecular weight is 289 g/mol. The second kappa shape index (κ2) is 5.36. The maximum atomic E-state index is 13.4. The molecule has 0 fully saturated rings. The quantitative estimate of drug-likeness (QED) is 0.870. The number of methoxy groups -OCH3 is 1. The number of aromatic nitrogens is 1. The second-order valence-electron chi connectivity index (χ2n) is 3.57. The van der Waals surface area contributed by atoms with E-state index in [0.29, 0.717) is 22.5 Å². The van der Waals surface area contributed by atoms with Gasteiger partial charge in [-0.15, -0.1) is 0 Å². The highest BCUT2D eigenvalue weighted by Gasteiger charge is 2.12. The average Bonchev–Trinajstić information content (AvgIpc) is 2.38. The van der Waals surface area contributed by atoms with Crippen molar-refractivity contribution in [2.75, 3.05) is 12.4 Å². The number of pyridine rings is 1. The van der Waals surface area contributed by atoms with E-state index < -0.39 is 23.4 Å². The summed E-state index contributed by atoms with van der Waals surface area (Å²) in [5.41, 5.74) is 0.374. The fraction of sp³-hybridized carbons (Fsp3) is 0.0833. The molecular weight excluding hydrogens is 281 g/mol. The molecule has 0 atom stereocenters. The highest BCUT2D eigenvalue weighted by atomic mass is 35.5. The van der Waals surface area contributed by atoms with E-state index >= 15 is 0 Å². The Morgan fingerprint density at radius 3 is 2.58 bits per heavy atom. The summed E-state index contributed by atoms with van der Waals surface area (Å²) in [5.74, 6) is -3.81. The van der Waals surface area contributed by atoms with Crippen LogP contribution in [-0.4, -0.2) is 12.1 Å². The number of hydrogen-bond donors (Lipinski definition) is 1. The minimum absolute atomic E-state index is 0.356. The lowest BCUT2D eigenvalue weighted by Gasteiger charge is -2.09. The summed E-state index contributed by atoms with van der Waals surface area (Å²) in [6.07, 6.45) is 0. The summed E-state index contributed by atoms with van der Waals surface area (Å²) < 4.78 is 44.0. The van der Waals surface area contributed by atoms with Gasteiger partial charge in [-0.05, 0) is 12.1 Å². The molecule has 0 unspecified atom stereocenters. The second-order valence-corrected chi connectivity index (χ2v) is 3.97. The minimum atomic E-state index is -1.38. The number of ether oxygens (including phenoxy) is 1. The van der Waals surface area contributed by atoms with Gasteiger partial charge in [0.25, 0.3) is 5.95 Å². The van der Waals surface area contributed by atoms with Crippen molar-refractivity contribution in [1.82, 2.24) is 4.98 Å². The SMILES string of the molecule is COc1cc(Nc2nc(F)c(F)cc2F)ccc1Cl. The van der Waals surface area contributed by atoms with Gasteiger partial charge in [0.2, 0.25) is 0 Å². The zero-order valence-electron chi connectivity index (χ0n) is 9.68. The minimum Gasteiger partial charge on any atom is -0.495 e. The van der Waals surface area contributed by atoms with Crippen LogP contribution in [0.4, 0.5) is 24.7 Å². The highest BCUT2D eigenvalue weighted by molar-refractivity contribution is 6.32. The maximum Gasteiger partial charge on any atom is 0.251 e. The zero-order valence-corrected chi connectivity index (χ0v) is 10.4. The van der Waals surface area contributed by atoms with Gasteiger partial charge < -0.3 is 10.1 Å². The molecule has 1 heterocycles. The van der Waals surface area contributed by atoms with Gasteiger partial charge in [-0.1, -0.05) is 11.6 Å². The summed E-state index contributed by atoms with van der Waals surface area (Å²) in [6.45, 7) is 0. The first-order chi connectivity index (χ1) is 9.01. The fourth-order valence-corrected chi connectivity index (χ4v) is 1.60. The molecule has 19 heavy (non-hydrogen) atoms. The normalized spacial score (nSPS) is 10.4. The molecule has 0 aliphatic carbocycles. The number of halogens is 4. The largest absolute Gasteiger partial charge is 0.495 e. The maximum absolute atomic E-state index is 13.4. The molecule has 2 rings (SSSR count). The molecule has 7 heteroatoms. The smallest absolute Gasteiger partial charge is 0.251 e. The standard InChI is InChI=1S/C12H8ClF3N2O/c1-19-10-4-6(2-3-7(10)13)17-12-9(15)5-8(14)11(16)18-12/h2-5H,1H3,(H,17,18). The molecule has 100 valence electrons. The van der Waals surface area contributed by atoms with Gasteiger partial charge >= 0.3 is 0 Å². The molecule has 2 aromatic rings. The van der Waals surface area contributed by atoms with Crippen molar-refractivity contribution in [2.45, 2.75) is 0 Å². The van der Waals surface area contributed by atoms with Crippen LogP contribution >= 0.6 is 11.6 Å². The number of nitrogens with one attached hydrogen (secondary N) is 1. The summed E-state index contributed by atoms with van der Waals surface area (Å²) in [6, 6.07) is 4.93. The molecule has 3 nitrogen and oxygen atoms in total. The van der Waals surface area contributed by atoms with Crippen molar-refractivity contribution in [2.24, 2.45) is 0 Å². The van der Waals surface area contributed by atoms with E-state index in [1.54, 1.807) is 0 Å². The summed E-state index contributed by atoms with van der Waals surface area (Å²) in [7, 11) is 1.42. The first-order valence-corrected chi connectivity index (χ1v) is 5.51. The van der Waals surface area contributed by atoms with Gasteiger partial charge in [0.15, 0.2) is 17.5 Å². The third-order valence-corrected chi connectivity index (χ3v) is 2.61. The lowest BCUT2D eigenvalue weighted by atomic mass is 10.3. The van der Waals surface area contributed by atoms with Crippen LogP contribution in [-0.2, 0) is 0 Å². The summed E-state index contributed by atoms with van der Waals surface area (Å²) in [5, 5.41) is 2.88. The Kier molecular flexibility index (Phi) is 3.80. The Labute approximate surface area is 112 Å². The van der Waals surface area contributed by atoms with Crippen LogP contribution in [0.1, 0.15) is 0 Å². The van der Waals surface area contributed by atoms with Gasteiger partial charge in [-0.2, -0.15) is 9.37 Å². The lowest BCUT2D eigenvalue weighted by molar-refractivity contribution is 0.415. The molecule has 0 radical (unpaired) electrons. The summed E-state index contributed by atoms with van der Waals surface area (Å²) in [4.78, 5) is 3.14. The molecule has 0 saturated carbocycles. The molecule has 0 spiro atoms. The van der Waals surface area contributed by atoms with Crippen LogP contribution in [0.15, 0.2) is 24.3 Å². The van der Waals surface area contributed by atoms with E-state index in [2.05, 4.69) is 10.3 Å². The van der Waals surface area contributed by atoms with E-state index in [1.165, 1.54) is 25.3 Å². The Morgan fingerprint density at radius 1 is 1.16 bits per heavy atom. The molecule has 0 aliphatic heterocycles. The zero-order chi connectivity index (χ0) is 14.0. The third kappa shape index (κ3) is 2.90. The molecule has 0 amide bonds. The summed E-state index contributed by atoms with van der Waals surface area (Å²) >= 11 is 5.82. The van der Waals surface area contributed by atoms with E-state index in [1.807, 2.05) is 0 Å². The van der Waals surface area contributed by atoms with Crippen molar-refractivity contribution in [3.63, 3.8) is 0 Å². The first kappa shape index (κ1) is 13.5. The number of hydrogen-bond acceptors (Lipinski definition) is 3. The van der Waals surface area contributed by atoms with Gasteiger partial charge in [-0.25, -0.2) is 8.78 Å². The third-order valence-electron chi connectivity index (χ3n) is 2.30. The van der Waals surface area contributed by atoms with E-state index in [4.69, 9.17) is 16.3 Å². The Bertz CT molecular complexity index is 622. The number of anilines is 2. The first-order valence-electron chi connectivity index (χ1n) is 5.13. The Balaban J connectivity index is 2.33. The van der Waals surface area contributed by atoms with Crippen molar-refractivity contribution < 1.29 is 17.9 Å². The number of rotatable bonds is 3. The van der Waals surface area contributed by atoms with Crippen molar-refractivity contribution >= 4 is 23.1 Å². The fourth-order valence-electron chi connectivity index (χ4n) is 1.41. The molecule has 0 saturated heterocycles. The van der Waals surface area contributed by atoms with Crippen LogP contribution in [0.3, 0.4) is 0 Å². The predicted octanol–water partition coefficient (Wildman–Crippen LogP) is 3.90. The molecule has 0 aliphatic rings. The van der Waals surface area contributed by atoms with Crippen LogP contribution < -0.4 is 10.1 Å². The molecule has 1 aromatic carbocycles. The molecule has 0 bridgehead atoms. The Morgan fingerprint density at radius 2 is 1.89 bits per heavy atom. The van der Waals surface area contributed by atoms with Gasteiger partial charge in [0.05, 0.1) is 12.1 Å². The molecule has 1 aromatic heterocycles.